The lowest BCUT2D eigenvalue weighted by Crippen LogP contribution is -2.33. The lowest BCUT2D eigenvalue weighted by atomic mass is 10.2. The summed E-state index contributed by atoms with van der Waals surface area (Å²) in [6, 6.07) is 28.5. The van der Waals surface area contributed by atoms with E-state index in [0.29, 0.717) is 11.7 Å². The molecular formula is C25H23ClN4S. The molecule has 4 aromatic rings. The summed E-state index contributed by atoms with van der Waals surface area (Å²) >= 11 is 12.0. The first-order valence-corrected chi connectivity index (χ1v) is 10.9. The molecule has 4 rings (SSSR count). The van der Waals surface area contributed by atoms with Crippen LogP contribution in [0, 0.1) is 0 Å². The average molecular weight is 447 g/mol. The summed E-state index contributed by atoms with van der Waals surface area (Å²) in [6.45, 7) is 2.04. The summed E-state index contributed by atoms with van der Waals surface area (Å²) < 4.78 is 1.85. The number of rotatable bonds is 7. The molecular weight excluding hydrogens is 424 g/mol. The van der Waals surface area contributed by atoms with E-state index in [1.54, 1.807) is 6.20 Å². The second kappa shape index (κ2) is 10.2. The van der Waals surface area contributed by atoms with Crippen LogP contribution in [0.15, 0.2) is 97.3 Å². The molecule has 156 valence electrons. The van der Waals surface area contributed by atoms with E-state index in [-0.39, 0.29) is 0 Å². The van der Waals surface area contributed by atoms with Crippen LogP contribution in [0.25, 0.3) is 0 Å². The molecule has 0 unspecified atom stereocenters. The highest BCUT2D eigenvalue weighted by molar-refractivity contribution is 7.80. The molecule has 0 amide bonds. The average Bonchev–Trinajstić information content (AvgIpc) is 3.23. The zero-order valence-corrected chi connectivity index (χ0v) is 18.6. The van der Waals surface area contributed by atoms with Gasteiger partial charge < -0.3 is 10.2 Å². The third-order valence-corrected chi connectivity index (χ3v) is 5.62. The third-order valence-electron chi connectivity index (χ3n) is 4.89. The molecule has 6 heteroatoms. The molecule has 4 nitrogen and oxygen atoms in total. The molecule has 0 aliphatic heterocycles. The number of hydrogen-bond donors (Lipinski definition) is 1. The molecule has 1 N–H and O–H groups in total. The Morgan fingerprint density at radius 3 is 2.06 bits per heavy atom. The number of aromatic nitrogens is 2. The first-order chi connectivity index (χ1) is 15.2. The molecule has 0 saturated carbocycles. The summed E-state index contributed by atoms with van der Waals surface area (Å²) in [7, 11) is 0. The lowest BCUT2D eigenvalue weighted by Gasteiger charge is -2.26. The van der Waals surface area contributed by atoms with Gasteiger partial charge in [0.25, 0.3) is 0 Å². The molecule has 0 radical (unpaired) electrons. The zero-order chi connectivity index (χ0) is 21.5. The Balaban J connectivity index is 1.46. The molecule has 1 aromatic heterocycles. The second-order valence-electron chi connectivity index (χ2n) is 7.28. The predicted octanol–water partition coefficient (Wildman–Crippen LogP) is 5.98. The van der Waals surface area contributed by atoms with Gasteiger partial charge in [0, 0.05) is 24.3 Å². The highest BCUT2D eigenvalue weighted by Crippen LogP contribution is 2.18. The van der Waals surface area contributed by atoms with Crippen LogP contribution in [0.4, 0.5) is 5.69 Å². The standard InChI is InChI=1S/C25H23ClN4S/c26-24-14-8-7-13-22(24)18-30-19-23(15-27-30)28-25(31)29(16-20-9-3-1-4-10-20)17-21-11-5-2-6-12-21/h1-15,19H,16-18H2,(H,28,31). The van der Waals surface area contributed by atoms with Gasteiger partial charge in [-0.25, -0.2) is 0 Å². The zero-order valence-electron chi connectivity index (χ0n) is 17.0. The van der Waals surface area contributed by atoms with Gasteiger partial charge in [-0.1, -0.05) is 90.5 Å². The Labute approximate surface area is 193 Å². The molecule has 0 aliphatic rings. The van der Waals surface area contributed by atoms with Crippen LogP contribution in [-0.2, 0) is 19.6 Å². The quantitative estimate of drug-likeness (QED) is 0.354. The molecule has 3 aromatic carbocycles. The smallest absolute Gasteiger partial charge is 0.174 e. The van der Waals surface area contributed by atoms with Crippen molar-refractivity contribution < 1.29 is 0 Å². The summed E-state index contributed by atoms with van der Waals surface area (Å²) in [6.07, 6.45) is 3.73. The van der Waals surface area contributed by atoms with Gasteiger partial charge in [0.1, 0.15) is 0 Å². The van der Waals surface area contributed by atoms with Crippen molar-refractivity contribution in [3.63, 3.8) is 0 Å². The first-order valence-electron chi connectivity index (χ1n) is 10.1. The number of benzene rings is 3. The van der Waals surface area contributed by atoms with Crippen molar-refractivity contribution in [2.45, 2.75) is 19.6 Å². The van der Waals surface area contributed by atoms with E-state index in [1.807, 2.05) is 71.5 Å². The minimum atomic E-state index is 0.603. The van der Waals surface area contributed by atoms with E-state index < -0.39 is 0 Å². The number of thiocarbonyl (C=S) groups is 1. The number of anilines is 1. The lowest BCUT2D eigenvalue weighted by molar-refractivity contribution is 0.413. The molecule has 1 heterocycles. The number of nitrogens with zero attached hydrogens (tertiary/aromatic N) is 3. The number of halogens is 1. The van der Waals surface area contributed by atoms with Gasteiger partial charge in [0.2, 0.25) is 0 Å². The molecule has 0 aliphatic carbocycles. The summed E-state index contributed by atoms with van der Waals surface area (Å²) in [5, 5.41) is 9.19. The third kappa shape index (κ3) is 5.94. The largest absolute Gasteiger partial charge is 0.340 e. The summed E-state index contributed by atoms with van der Waals surface area (Å²) in [5.74, 6) is 0. The van der Waals surface area contributed by atoms with E-state index in [4.69, 9.17) is 23.8 Å². The highest BCUT2D eigenvalue weighted by Gasteiger charge is 2.13. The van der Waals surface area contributed by atoms with Crippen molar-refractivity contribution in [1.29, 1.82) is 0 Å². The maximum absolute atomic E-state index is 6.28. The molecule has 0 fully saturated rings. The minimum Gasteiger partial charge on any atom is -0.340 e. The SMILES string of the molecule is S=C(Nc1cnn(Cc2ccccc2Cl)c1)N(Cc1ccccc1)Cc1ccccc1. The number of hydrogen-bond acceptors (Lipinski definition) is 2. The molecule has 0 atom stereocenters. The molecule has 0 saturated heterocycles. The van der Waals surface area contributed by atoms with Gasteiger partial charge in [-0.15, -0.1) is 0 Å². The fourth-order valence-corrected chi connectivity index (χ4v) is 3.77. The van der Waals surface area contributed by atoms with Gasteiger partial charge in [-0.3, -0.25) is 4.68 Å². The Kier molecular flexibility index (Phi) is 6.97. The Morgan fingerprint density at radius 1 is 0.871 bits per heavy atom. The van der Waals surface area contributed by atoms with Gasteiger partial charge in [0.05, 0.1) is 18.4 Å². The maximum atomic E-state index is 6.28. The van der Waals surface area contributed by atoms with Crippen LogP contribution in [0.5, 0.6) is 0 Å². The van der Waals surface area contributed by atoms with Gasteiger partial charge in [-0.2, -0.15) is 5.10 Å². The van der Waals surface area contributed by atoms with Gasteiger partial charge in [-0.05, 0) is 35.0 Å². The van der Waals surface area contributed by atoms with Gasteiger partial charge in [0.15, 0.2) is 5.11 Å². The van der Waals surface area contributed by atoms with Crippen molar-refractivity contribution in [3.8, 4) is 0 Å². The summed E-state index contributed by atoms with van der Waals surface area (Å²) in [5.41, 5.74) is 4.29. The van der Waals surface area contributed by atoms with Gasteiger partial charge >= 0.3 is 0 Å². The van der Waals surface area contributed by atoms with E-state index in [1.165, 1.54) is 11.1 Å². The van der Waals surface area contributed by atoms with Crippen molar-refractivity contribution in [2.75, 3.05) is 5.32 Å². The fraction of sp³-hybridized carbons (Fsp3) is 0.120. The van der Waals surface area contributed by atoms with Crippen LogP contribution in [0.1, 0.15) is 16.7 Å². The van der Waals surface area contributed by atoms with Crippen molar-refractivity contribution in [3.05, 3.63) is 119 Å². The second-order valence-corrected chi connectivity index (χ2v) is 8.07. The first kappa shape index (κ1) is 21.1. The molecule has 0 spiro atoms. The van der Waals surface area contributed by atoms with E-state index >= 15 is 0 Å². The van der Waals surface area contributed by atoms with Crippen LogP contribution in [0.2, 0.25) is 5.02 Å². The Bertz CT molecular complexity index is 1090. The topological polar surface area (TPSA) is 33.1 Å². The molecule has 31 heavy (non-hydrogen) atoms. The summed E-state index contributed by atoms with van der Waals surface area (Å²) in [4.78, 5) is 2.16. The van der Waals surface area contributed by atoms with E-state index in [0.717, 1.165) is 29.4 Å². The number of nitrogens with one attached hydrogen (secondary N) is 1. The van der Waals surface area contributed by atoms with E-state index in [2.05, 4.69) is 39.6 Å². The minimum absolute atomic E-state index is 0.603. The molecule has 0 bridgehead atoms. The Hall–Kier alpha value is -3.15. The maximum Gasteiger partial charge on any atom is 0.174 e. The van der Waals surface area contributed by atoms with Crippen molar-refractivity contribution in [2.24, 2.45) is 0 Å². The highest BCUT2D eigenvalue weighted by atomic mass is 35.5. The van der Waals surface area contributed by atoms with Crippen LogP contribution in [0.3, 0.4) is 0 Å². The Morgan fingerprint density at radius 2 is 1.45 bits per heavy atom. The van der Waals surface area contributed by atoms with Crippen LogP contribution >= 0.6 is 23.8 Å². The predicted molar refractivity (Wildman–Crippen MR) is 131 cm³/mol. The van der Waals surface area contributed by atoms with Crippen molar-refractivity contribution >= 4 is 34.6 Å². The van der Waals surface area contributed by atoms with Crippen molar-refractivity contribution in [1.82, 2.24) is 14.7 Å². The van der Waals surface area contributed by atoms with Crippen LogP contribution in [-0.4, -0.2) is 19.8 Å². The van der Waals surface area contributed by atoms with Crippen LogP contribution < -0.4 is 5.32 Å². The van der Waals surface area contributed by atoms with E-state index in [9.17, 15) is 0 Å². The fourth-order valence-electron chi connectivity index (χ4n) is 3.33. The normalized spacial score (nSPS) is 10.6. The monoisotopic (exact) mass is 446 g/mol.